The van der Waals surface area contributed by atoms with Gasteiger partial charge in [0.15, 0.2) is 5.78 Å². The molecule has 5 nitrogen and oxygen atoms in total. The minimum absolute atomic E-state index is 0.0383. The first-order chi connectivity index (χ1) is 12.9. The molecule has 140 valence electrons. The fraction of sp³-hybridized carbons (Fsp3) is 0.250. The van der Waals surface area contributed by atoms with Crippen LogP contribution in [0, 0.1) is 5.82 Å². The summed E-state index contributed by atoms with van der Waals surface area (Å²) in [4.78, 5) is 36.2. The van der Waals surface area contributed by atoms with Crippen LogP contribution in [0.15, 0.2) is 36.4 Å². The van der Waals surface area contributed by atoms with Crippen LogP contribution in [0.2, 0.25) is 5.02 Å². The zero-order valence-electron chi connectivity index (χ0n) is 14.6. The van der Waals surface area contributed by atoms with E-state index in [-0.39, 0.29) is 48.0 Å². The van der Waals surface area contributed by atoms with Crippen molar-refractivity contribution in [1.29, 1.82) is 0 Å². The van der Waals surface area contributed by atoms with Gasteiger partial charge >= 0.3 is 5.97 Å². The number of hydrogen-bond acceptors (Lipinski definition) is 4. The van der Waals surface area contributed by atoms with Gasteiger partial charge in [0.1, 0.15) is 11.6 Å². The van der Waals surface area contributed by atoms with E-state index in [2.05, 4.69) is 5.32 Å². The Morgan fingerprint density at radius 3 is 2.74 bits per heavy atom. The number of amides is 1. The van der Waals surface area contributed by atoms with Gasteiger partial charge in [-0.25, -0.2) is 4.39 Å². The summed E-state index contributed by atoms with van der Waals surface area (Å²) < 4.78 is 19.2. The largest absolute Gasteiger partial charge is 0.426 e. The fourth-order valence-corrected chi connectivity index (χ4v) is 3.32. The minimum Gasteiger partial charge on any atom is -0.426 e. The minimum atomic E-state index is -0.629. The van der Waals surface area contributed by atoms with Crippen LogP contribution in [0.3, 0.4) is 0 Å². The highest BCUT2D eigenvalue weighted by Gasteiger charge is 2.33. The third-order valence-electron chi connectivity index (χ3n) is 4.37. The van der Waals surface area contributed by atoms with Gasteiger partial charge in [-0.2, -0.15) is 0 Å². The lowest BCUT2D eigenvalue weighted by Crippen LogP contribution is -2.27. The van der Waals surface area contributed by atoms with Crippen LogP contribution >= 0.6 is 11.6 Å². The van der Waals surface area contributed by atoms with Crippen LogP contribution < -0.4 is 10.1 Å². The Balaban J connectivity index is 1.60. The first-order valence-corrected chi connectivity index (χ1v) is 8.85. The van der Waals surface area contributed by atoms with E-state index in [1.54, 1.807) is 31.2 Å². The van der Waals surface area contributed by atoms with Crippen LogP contribution in [0.25, 0.3) is 0 Å². The second-order valence-corrected chi connectivity index (χ2v) is 6.73. The molecule has 0 aliphatic heterocycles. The topological polar surface area (TPSA) is 72.5 Å². The van der Waals surface area contributed by atoms with Gasteiger partial charge in [0, 0.05) is 18.5 Å². The number of carbonyl (C=O) groups excluding carboxylic acids is 3. The standard InChI is InChI=1S/C20H17ClFNO4/c1-11-10-15(24)19-16(7-6-14(22)18(11)19)27-17(25)8-9-23-20(26)12-4-2-3-5-13(12)21/h2-7,11H,8-10H2,1H3,(H,23,26). The average Bonchev–Trinajstić information content (AvgIpc) is 2.93. The second-order valence-electron chi connectivity index (χ2n) is 6.32. The van der Waals surface area contributed by atoms with Gasteiger partial charge in [0.05, 0.1) is 22.6 Å². The molecule has 27 heavy (non-hydrogen) atoms. The molecular weight excluding hydrogens is 373 g/mol. The summed E-state index contributed by atoms with van der Waals surface area (Å²) in [6, 6.07) is 9.03. The monoisotopic (exact) mass is 389 g/mol. The molecule has 7 heteroatoms. The van der Waals surface area contributed by atoms with Crippen molar-refractivity contribution in [2.75, 3.05) is 6.54 Å². The van der Waals surface area contributed by atoms with E-state index < -0.39 is 17.7 Å². The highest BCUT2D eigenvalue weighted by molar-refractivity contribution is 6.33. The van der Waals surface area contributed by atoms with Crippen LogP contribution in [0.4, 0.5) is 4.39 Å². The van der Waals surface area contributed by atoms with Gasteiger partial charge in [-0.05, 0) is 30.2 Å². The average molecular weight is 390 g/mol. The van der Waals surface area contributed by atoms with E-state index in [1.165, 1.54) is 12.1 Å². The van der Waals surface area contributed by atoms with Crippen molar-refractivity contribution >= 4 is 29.3 Å². The number of rotatable bonds is 5. The summed E-state index contributed by atoms with van der Waals surface area (Å²) in [5.74, 6) is -1.94. The normalized spacial score (nSPS) is 15.4. The molecule has 3 rings (SSSR count). The molecule has 0 aromatic heterocycles. The first kappa shape index (κ1) is 19.0. The Labute approximate surface area is 160 Å². The number of ketones is 1. The molecule has 0 fully saturated rings. The number of nitrogens with one attached hydrogen (secondary N) is 1. The van der Waals surface area contributed by atoms with E-state index in [4.69, 9.17) is 16.3 Å². The highest BCUT2D eigenvalue weighted by atomic mass is 35.5. The molecule has 1 aliphatic carbocycles. The number of fused-ring (bicyclic) bond motifs is 1. The number of ether oxygens (including phenoxy) is 1. The van der Waals surface area contributed by atoms with E-state index in [0.717, 1.165) is 0 Å². The zero-order chi connectivity index (χ0) is 19.6. The lowest BCUT2D eigenvalue weighted by molar-refractivity contribution is -0.134. The molecule has 1 N–H and O–H groups in total. The number of carbonyl (C=O) groups is 3. The maximum Gasteiger partial charge on any atom is 0.312 e. The van der Waals surface area contributed by atoms with Crippen LogP contribution in [0.5, 0.6) is 5.75 Å². The molecule has 0 heterocycles. The third kappa shape index (κ3) is 4.01. The Hall–Kier alpha value is -2.73. The molecule has 0 bridgehead atoms. The van der Waals surface area contributed by atoms with Crippen molar-refractivity contribution in [3.05, 3.63) is 63.9 Å². The second kappa shape index (κ2) is 7.88. The summed E-state index contributed by atoms with van der Waals surface area (Å²) in [5.41, 5.74) is 0.733. The molecule has 1 amide bonds. The molecule has 0 saturated carbocycles. The predicted octanol–water partition coefficient (Wildman–Crippen LogP) is 3.89. The van der Waals surface area contributed by atoms with Gasteiger partial charge in [-0.1, -0.05) is 30.7 Å². The molecule has 2 aromatic rings. The lowest BCUT2D eigenvalue weighted by Gasteiger charge is -2.11. The molecule has 1 atom stereocenters. The summed E-state index contributed by atoms with van der Waals surface area (Å²) in [7, 11) is 0. The van der Waals surface area contributed by atoms with E-state index in [9.17, 15) is 18.8 Å². The third-order valence-corrected chi connectivity index (χ3v) is 4.70. The van der Waals surface area contributed by atoms with Crippen molar-refractivity contribution in [3.8, 4) is 5.75 Å². The highest BCUT2D eigenvalue weighted by Crippen LogP contribution is 2.39. The Kier molecular flexibility index (Phi) is 5.56. The zero-order valence-corrected chi connectivity index (χ0v) is 15.3. The van der Waals surface area contributed by atoms with Gasteiger partial charge in [-0.15, -0.1) is 0 Å². The van der Waals surface area contributed by atoms with Crippen molar-refractivity contribution in [3.63, 3.8) is 0 Å². The summed E-state index contributed by atoms with van der Waals surface area (Å²) in [6.07, 6.45) is 0.0841. The Morgan fingerprint density at radius 2 is 2.00 bits per heavy atom. The number of benzene rings is 2. The van der Waals surface area contributed by atoms with Gasteiger partial charge in [-0.3, -0.25) is 14.4 Å². The van der Waals surface area contributed by atoms with Crippen molar-refractivity contribution in [2.24, 2.45) is 0 Å². The van der Waals surface area contributed by atoms with Crippen LogP contribution in [-0.4, -0.2) is 24.2 Å². The smallest absolute Gasteiger partial charge is 0.312 e. The molecule has 0 spiro atoms. The van der Waals surface area contributed by atoms with Gasteiger partial charge in [0.2, 0.25) is 0 Å². The fourth-order valence-electron chi connectivity index (χ4n) is 3.10. The summed E-state index contributed by atoms with van der Waals surface area (Å²) in [5, 5.41) is 2.89. The van der Waals surface area contributed by atoms with Gasteiger partial charge in [0.25, 0.3) is 5.91 Å². The number of Topliss-reactive ketones (excluding diaryl/α,β-unsaturated/α-hetero) is 1. The number of esters is 1. The van der Waals surface area contributed by atoms with Crippen molar-refractivity contribution in [1.82, 2.24) is 5.32 Å². The number of hydrogen-bond donors (Lipinski definition) is 1. The summed E-state index contributed by atoms with van der Waals surface area (Å²) >= 11 is 5.95. The Bertz CT molecular complexity index is 928. The van der Waals surface area contributed by atoms with E-state index in [0.29, 0.717) is 10.6 Å². The SMILES string of the molecule is CC1CC(=O)c2c(OC(=O)CCNC(=O)c3ccccc3Cl)ccc(F)c21. The number of halogens is 2. The maximum atomic E-state index is 14.0. The first-order valence-electron chi connectivity index (χ1n) is 8.47. The Morgan fingerprint density at radius 1 is 1.26 bits per heavy atom. The quantitative estimate of drug-likeness (QED) is 0.622. The van der Waals surface area contributed by atoms with Crippen LogP contribution in [0.1, 0.15) is 52.0 Å². The van der Waals surface area contributed by atoms with Crippen molar-refractivity contribution in [2.45, 2.75) is 25.7 Å². The van der Waals surface area contributed by atoms with Gasteiger partial charge < -0.3 is 10.1 Å². The van der Waals surface area contributed by atoms with E-state index >= 15 is 0 Å². The predicted molar refractivity (Wildman–Crippen MR) is 97.8 cm³/mol. The maximum absolute atomic E-state index is 14.0. The molecule has 0 saturated heterocycles. The molecule has 1 aliphatic rings. The summed E-state index contributed by atoms with van der Waals surface area (Å²) in [6.45, 7) is 1.79. The molecule has 2 aromatic carbocycles. The van der Waals surface area contributed by atoms with Crippen LogP contribution in [-0.2, 0) is 4.79 Å². The van der Waals surface area contributed by atoms with Crippen molar-refractivity contribution < 1.29 is 23.5 Å². The molecular formula is C20H17ClFNO4. The molecule has 1 unspecified atom stereocenters. The lowest BCUT2D eigenvalue weighted by atomic mass is 10.0. The van der Waals surface area contributed by atoms with E-state index in [1.807, 2.05) is 0 Å². The molecule has 0 radical (unpaired) electrons.